The summed E-state index contributed by atoms with van der Waals surface area (Å²) in [5.41, 5.74) is 0. The van der Waals surface area contributed by atoms with Gasteiger partial charge in [0.05, 0.1) is 26.4 Å². The van der Waals surface area contributed by atoms with Crippen molar-refractivity contribution < 1.29 is 33.3 Å². The molecule has 0 aromatic rings. The van der Waals surface area contributed by atoms with Gasteiger partial charge in [-0.05, 0) is 19.8 Å². The topological polar surface area (TPSA) is 80.3 Å². The van der Waals surface area contributed by atoms with Crippen molar-refractivity contribution in [3.63, 3.8) is 0 Å². The van der Waals surface area contributed by atoms with E-state index in [0.717, 1.165) is 38.7 Å². The zero-order valence-corrected chi connectivity index (χ0v) is 20.2. The van der Waals surface area contributed by atoms with E-state index >= 15 is 0 Å². The Bertz CT molecular complexity index is 415. The van der Waals surface area contributed by atoms with Crippen LogP contribution in [0.1, 0.15) is 97.8 Å². The molecule has 0 bridgehead atoms. The first-order chi connectivity index (χ1) is 15.1. The normalized spacial score (nSPS) is 11.8. The Morgan fingerprint density at radius 2 is 1.10 bits per heavy atom. The standard InChI is InChI=1S/C24H46O7/c1-4-6-8-9-10-11-12-13-14-15-17-30-24(26)31-22(3)23(25)29-21-20-28-19-18-27-16-7-5-2/h22H,4-21H2,1-3H3. The number of esters is 1. The highest BCUT2D eigenvalue weighted by molar-refractivity contribution is 5.76. The first kappa shape index (κ1) is 29.7. The number of hydrogen-bond acceptors (Lipinski definition) is 7. The van der Waals surface area contributed by atoms with Crippen molar-refractivity contribution in [1.82, 2.24) is 0 Å². The summed E-state index contributed by atoms with van der Waals surface area (Å²) in [7, 11) is 0. The van der Waals surface area contributed by atoms with Crippen molar-refractivity contribution in [1.29, 1.82) is 0 Å². The van der Waals surface area contributed by atoms with Crippen LogP contribution in [0.4, 0.5) is 4.79 Å². The minimum Gasteiger partial charge on any atom is -0.461 e. The maximum absolute atomic E-state index is 11.8. The van der Waals surface area contributed by atoms with Gasteiger partial charge in [-0.3, -0.25) is 0 Å². The second-order valence-electron chi connectivity index (χ2n) is 7.79. The van der Waals surface area contributed by atoms with E-state index in [4.69, 9.17) is 23.7 Å². The fourth-order valence-corrected chi connectivity index (χ4v) is 2.86. The fraction of sp³-hybridized carbons (Fsp3) is 0.917. The van der Waals surface area contributed by atoms with E-state index in [1.54, 1.807) is 0 Å². The molecule has 0 aliphatic heterocycles. The molecule has 0 amide bonds. The third-order valence-electron chi connectivity index (χ3n) is 4.81. The molecule has 0 radical (unpaired) electrons. The average Bonchev–Trinajstić information content (AvgIpc) is 2.76. The van der Waals surface area contributed by atoms with E-state index < -0.39 is 18.2 Å². The summed E-state index contributed by atoms with van der Waals surface area (Å²) in [6, 6.07) is 0. The summed E-state index contributed by atoms with van der Waals surface area (Å²) >= 11 is 0. The van der Waals surface area contributed by atoms with Crippen LogP contribution < -0.4 is 0 Å². The van der Waals surface area contributed by atoms with Crippen molar-refractivity contribution in [2.24, 2.45) is 0 Å². The van der Waals surface area contributed by atoms with E-state index in [9.17, 15) is 9.59 Å². The minimum atomic E-state index is -1.00. The summed E-state index contributed by atoms with van der Waals surface area (Å²) < 4.78 is 25.7. The van der Waals surface area contributed by atoms with Crippen LogP contribution in [0, 0.1) is 0 Å². The third-order valence-corrected chi connectivity index (χ3v) is 4.81. The van der Waals surface area contributed by atoms with Crippen LogP contribution in [0.2, 0.25) is 0 Å². The molecule has 0 spiro atoms. The lowest BCUT2D eigenvalue weighted by Gasteiger charge is -2.13. The predicted molar refractivity (Wildman–Crippen MR) is 121 cm³/mol. The Morgan fingerprint density at radius 1 is 0.581 bits per heavy atom. The van der Waals surface area contributed by atoms with Crippen LogP contribution in [0.5, 0.6) is 0 Å². The van der Waals surface area contributed by atoms with E-state index in [1.165, 1.54) is 51.9 Å². The van der Waals surface area contributed by atoms with Crippen molar-refractivity contribution >= 4 is 12.1 Å². The average molecular weight is 447 g/mol. The lowest BCUT2D eigenvalue weighted by Crippen LogP contribution is -2.28. The minimum absolute atomic E-state index is 0.106. The molecular weight excluding hydrogens is 400 g/mol. The first-order valence-corrected chi connectivity index (χ1v) is 12.3. The van der Waals surface area contributed by atoms with E-state index in [0.29, 0.717) is 19.8 Å². The smallest absolute Gasteiger partial charge is 0.461 e. The molecule has 0 aromatic carbocycles. The highest BCUT2D eigenvalue weighted by atomic mass is 16.7. The molecule has 0 aliphatic carbocycles. The summed E-state index contributed by atoms with van der Waals surface area (Å²) in [6.45, 7) is 8.22. The Morgan fingerprint density at radius 3 is 1.71 bits per heavy atom. The van der Waals surface area contributed by atoms with Gasteiger partial charge in [-0.25, -0.2) is 9.59 Å². The number of carbonyl (C=O) groups excluding carboxylic acids is 2. The van der Waals surface area contributed by atoms with Gasteiger partial charge in [0.1, 0.15) is 6.61 Å². The molecule has 7 nitrogen and oxygen atoms in total. The molecule has 0 rings (SSSR count). The second-order valence-corrected chi connectivity index (χ2v) is 7.79. The number of unbranched alkanes of at least 4 members (excludes halogenated alkanes) is 10. The van der Waals surface area contributed by atoms with Gasteiger partial charge in [-0.1, -0.05) is 78.1 Å². The van der Waals surface area contributed by atoms with Crippen LogP contribution >= 0.6 is 0 Å². The maximum Gasteiger partial charge on any atom is 0.509 e. The first-order valence-electron chi connectivity index (χ1n) is 12.3. The summed E-state index contributed by atoms with van der Waals surface area (Å²) in [4.78, 5) is 23.5. The molecule has 0 saturated carbocycles. The van der Waals surface area contributed by atoms with Crippen LogP contribution in [0.3, 0.4) is 0 Å². The third kappa shape index (κ3) is 21.7. The molecule has 1 unspecified atom stereocenters. The fourth-order valence-electron chi connectivity index (χ4n) is 2.86. The number of hydrogen-bond donors (Lipinski definition) is 0. The van der Waals surface area contributed by atoms with Crippen LogP contribution in [0.25, 0.3) is 0 Å². The van der Waals surface area contributed by atoms with Crippen molar-refractivity contribution in [3.8, 4) is 0 Å². The van der Waals surface area contributed by atoms with Gasteiger partial charge in [-0.15, -0.1) is 0 Å². The lowest BCUT2D eigenvalue weighted by molar-refractivity contribution is -0.155. The Kier molecular flexibility index (Phi) is 22.3. The monoisotopic (exact) mass is 446 g/mol. The highest BCUT2D eigenvalue weighted by Crippen LogP contribution is 2.10. The highest BCUT2D eigenvalue weighted by Gasteiger charge is 2.20. The largest absolute Gasteiger partial charge is 0.509 e. The SMILES string of the molecule is CCCCCCCCCCCCOC(=O)OC(C)C(=O)OCCOCCOCCCC. The van der Waals surface area contributed by atoms with Gasteiger partial charge in [0.2, 0.25) is 0 Å². The Labute approximate surface area is 189 Å². The van der Waals surface area contributed by atoms with Gasteiger partial charge < -0.3 is 23.7 Å². The van der Waals surface area contributed by atoms with Crippen molar-refractivity contribution in [2.45, 2.75) is 104 Å². The van der Waals surface area contributed by atoms with Crippen molar-refractivity contribution in [2.75, 3.05) is 39.6 Å². The second kappa shape index (κ2) is 23.3. The van der Waals surface area contributed by atoms with Gasteiger partial charge in [0, 0.05) is 6.61 Å². The van der Waals surface area contributed by atoms with Crippen LogP contribution in [-0.2, 0) is 28.5 Å². The zero-order valence-electron chi connectivity index (χ0n) is 20.2. The zero-order chi connectivity index (χ0) is 23.0. The molecular formula is C24H46O7. The van der Waals surface area contributed by atoms with E-state index in [2.05, 4.69) is 13.8 Å². The van der Waals surface area contributed by atoms with Gasteiger partial charge in [-0.2, -0.15) is 0 Å². The van der Waals surface area contributed by atoms with Crippen LogP contribution in [-0.4, -0.2) is 57.9 Å². The Hall–Kier alpha value is -1.34. The molecule has 1 atom stereocenters. The molecule has 0 fully saturated rings. The molecule has 31 heavy (non-hydrogen) atoms. The summed E-state index contributed by atoms with van der Waals surface area (Å²) in [6.07, 6.45) is 12.4. The molecule has 0 aliphatic rings. The summed E-state index contributed by atoms with van der Waals surface area (Å²) in [5, 5.41) is 0. The van der Waals surface area contributed by atoms with E-state index in [-0.39, 0.29) is 13.2 Å². The molecule has 0 N–H and O–H groups in total. The molecule has 184 valence electrons. The molecule has 0 saturated heterocycles. The summed E-state index contributed by atoms with van der Waals surface area (Å²) in [5.74, 6) is -0.612. The maximum atomic E-state index is 11.8. The quantitative estimate of drug-likeness (QED) is 0.153. The lowest BCUT2D eigenvalue weighted by atomic mass is 10.1. The van der Waals surface area contributed by atoms with Gasteiger partial charge >= 0.3 is 12.1 Å². The predicted octanol–water partition coefficient (Wildman–Crippen LogP) is 5.83. The van der Waals surface area contributed by atoms with Gasteiger partial charge in [0.25, 0.3) is 0 Å². The van der Waals surface area contributed by atoms with Crippen molar-refractivity contribution in [3.05, 3.63) is 0 Å². The van der Waals surface area contributed by atoms with Crippen LogP contribution in [0.15, 0.2) is 0 Å². The Balaban J connectivity index is 3.48. The number of carbonyl (C=O) groups is 2. The number of rotatable bonds is 22. The molecule has 7 heteroatoms. The van der Waals surface area contributed by atoms with Gasteiger partial charge in [0.15, 0.2) is 6.10 Å². The van der Waals surface area contributed by atoms with E-state index in [1.807, 2.05) is 0 Å². The number of ether oxygens (including phenoxy) is 5. The molecule has 0 aromatic heterocycles. The molecule has 0 heterocycles.